The average Bonchev–Trinajstić information content (AvgIpc) is 2.03. The van der Waals surface area contributed by atoms with Gasteiger partial charge in [0.25, 0.3) is 0 Å². The molecule has 0 bridgehead atoms. The topological polar surface area (TPSA) is 12.5 Å². The fourth-order valence-corrected chi connectivity index (χ4v) is 3.21. The van der Waals surface area contributed by atoms with Crippen molar-refractivity contribution in [2.24, 2.45) is 5.92 Å². The summed E-state index contributed by atoms with van der Waals surface area (Å²) in [6.45, 7) is 4.74. The number of likely N-dealkylation sites (tertiary alicyclic amines) is 1. The fraction of sp³-hybridized carbons (Fsp3) is 1.00. The van der Waals surface area contributed by atoms with Crippen LogP contribution in [0.4, 0.5) is 0 Å². The highest BCUT2D eigenvalue weighted by Crippen LogP contribution is 2.20. The summed E-state index contributed by atoms with van der Waals surface area (Å²) in [5, 5.41) is 0. The highest BCUT2D eigenvalue weighted by molar-refractivity contribution is 6.48. The lowest BCUT2D eigenvalue weighted by Crippen LogP contribution is -2.39. The van der Waals surface area contributed by atoms with E-state index in [4.69, 9.17) is 3.79 Å². The van der Waals surface area contributed by atoms with E-state index >= 15 is 0 Å². The van der Waals surface area contributed by atoms with Crippen LogP contribution in [-0.2, 0) is 3.79 Å². The van der Waals surface area contributed by atoms with Gasteiger partial charge in [-0.05, 0) is 39.3 Å². The van der Waals surface area contributed by atoms with Crippen molar-refractivity contribution in [1.29, 1.82) is 0 Å². The Morgan fingerprint density at radius 1 is 1.46 bits per heavy atom. The maximum Gasteiger partial charge on any atom is 0.454 e. The Balaban J connectivity index is 2.32. The van der Waals surface area contributed by atoms with Gasteiger partial charge in [-0.1, -0.05) is 11.6 Å². The number of nitrogens with zero attached hydrogens (tertiary/aromatic N) is 1. The first kappa shape index (κ1) is 11.5. The van der Waals surface area contributed by atoms with Gasteiger partial charge in [0.05, 0.1) is 0 Å². The minimum absolute atomic E-state index is 0.481. The zero-order valence-electron chi connectivity index (χ0n) is 9.42. The summed E-state index contributed by atoms with van der Waals surface area (Å²) in [7, 11) is 2.21. The molecule has 0 amide bonds. The van der Waals surface area contributed by atoms with Gasteiger partial charge in [-0.25, -0.2) is 0 Å². The molecule has 76 valence electrons. The van der Waals surface area contributed by atoms with E-state index in [-0.39, 0.29) is 0 Å². The van der Waals surface area contributed by atoms with Gasteiger partial charge >= 0.3 is 14.5 Å². The molecular formula is C10H22AlNO. The molecule has 1 rings (SSSR count). The summed E-state index contributed by atoms with van der Waals surface area (Å²) >= 11 is -0.838. The van der Waals surface area contributed by atoms with Crippen molar-refractivity contribution in [3.8, 4) is 0 Å². The molecule has 1 aliphatic rings. The van der Waals surface area contributed by atoms with Gasteiger partial charge in [0, 0.05) is 12.6 Å². The molecule has 1 saturated heterocycles. The van der Waals surface area contributed by atoms with E-state index in [1.165, 1.54) is 25.9 Å². The predicted octanol–water partition coefficient (Wildman–Crippen LogP) is 1.98. The van der Waals surface area contributed by atoms with Gasteiger partial charge in [-0.15, -0.1) is 0 Å². The standard InChI is InChI=1S/C8H16NO.2CH3.Al/c1-7(10)8-4-3-5-9(2)6-8;;;/h7-8H,3-6H2,1-2H3;2*1H3;/q-1;;;+1. The van der Waals surface area contributed by atoms with Crippen LogP contribution in [0.25, 0.3) is 0 Å². The summed E-state index contributed by atoms with van der Waals surface area (Å²) in [6.07, 6.45) is 3.18. The van der Waals surface area contributed by atoms with E-state index in [0.29, 0.717) is 6.10 Å². The molecule has 1 aliphatic heterocycles. The molecule has 0 aromatic carbocycles. The molecule has 2 nitrogen and oxygen atoms in total. The minimum Gasteiger partial charge on any atom is -0.498 e. The van der Waals surface area contributed by atoms with Crippen LogP contribution in [0.5, 0.6) is 0 Å². The quantitative estimate of drug-likeness (QED) is 0.644. The normalized spacial score (nSPS) is 27.2. The van der Waals surface area contributed by atoms with Crippen LogP contribution in [0.2, 0.25) is 11.6 Å². The van der Waals surface area contributed by atoms with Crippen LogP contribution < -0.4 is 0 Å². The lowest BCUT2D eigenvalue weighted by molar-refractivity contribution is 0.0900. The Labute approximate surface area is 87.0 Å². The lowest BCUT2D eigenvalue weighted by Gasteiger charge is -2.34. The highest BCUT2D eigenvalue weighted by Gasteiger charge is 2.24. The maximum atomic E-state index is 5.95. The van der Waals surface area contributed by atoms with Crippen molar-refractivity contribution < 1.29 is 3.79 Å². The van der Waals surface area contributed by atoms with Crippen molar-refractivity contribution in [3.05, 3.63) is 0 Å². The Morgan fingerprint density at radius 3 is 2.69 bits per heavy atom. The first-order chi connectivity index (χ1) is 6.09. The maximum absolute atomic E-state index is 5.95. The fourth-order valence-electron chi connectivity index (χ4n) is 2.13. The molecule has 2 unspecified atom stereocenters. The third-order valence-electron chi connectivity index (χ3n) is 2.81. The van der Waals surface area contributed by atoms with Crippen molar-refractivity contribution in [2.45, 2.75) is 37.4 Å². The van der Waals surface area contributed by atoms with Crippen molar-refractivity contribution in [1.82, 2.24) is 4.90 Å². The van der Waals surface area contributed by atoms with Crippen molar-refractivity contribution in [3.63, 3.8) is 0 Å². The van der Waals surface area contributed by atoms with E-state index in [2.05, 4.69) is 30.4 Å². The molecule has 2 atom stereocenters. The van der Waals surface area contributed by atoms with E-state index in [1.54, 1.807) is 0 Å². The molecule has 0 aliphatic carbocycles. The second kappa shape index (κ2) is 5.36. The van der Waals surface area contributed by atoms with E-state index in [9.17, 15) is 0 Å². The third kappa shape index (κ3) is 4.00. The molecular weight excluding hydrogens is 177 g/mol. The van der Waals surface area contributed by atoms with Crippen LogP contribution in [-0.4, -0.2) is 45.6 Å². The number of hydrogen-bond donors (Lipinski definition) is 0. The number of piperidine rings is 1. The van der Waals surface area contributed by atoms with Gasteiger partial charge in [0.2, 0.25) is 0 Å². The molecule has 0 aromatic heterocycles. The summed E-state index contributed by atoms with van der Waals surface area (Å²) in [5.41, 5.74) is 0. The summed E-state index contributed by atoms with van der Waals surface area (Å²) in [6, 6.07) is 0. The SMILES string of the molecule is CC([O][Al]([CH3])[CH3])C1CCCN(C)C1. The molecule has 3 heteroatoms. The summed E-state index contributed by atoms with van der Waals surface area (Å²) in [5.74, 6) is 5.28. The molecule has 13 heavy (non-hydrogen) atoms. The van der Waals surface area contributed by atoms with Crippen LogP contribution in [0.3, 0.4) is 0 Å². The van der Waals surface area contributed by atoms with Gasteiger partial charge in [-0.2, -0.15) is 0 Å². The molecule has 1 heterocycles. The van der Waals surface area contributed by atoms with Gasteiger partial charge in [0.15, 0.2) is 0 Å². The Morgan fingerprint density at radius 2 is 2.15 bits per heavy atom. The van der Waals surface area contributed by atoms with Crippen LogP contribution in [0.15, 0.2) is 0 Å². The zero-order chi connectivity index (χ0) is 9.84. The smallest absolute Gasteiger partial charge is 0.454 e. The van der Waals surface area contributed by atoms with Crippen LogP contribution in [0, 0.1) is 5.92 Å². The van der Waals surface area contributed by atoms with E-state index in [0.717, 1.165) is 5.92 Å². The Hall–Kier alpha value is 0.452. The molecule has 0 N–H and O–H groups in total. The zero-order valence-corrected chi connectivity index (χ0v) is 10.6. The van der Waals surface area contributed by atoms with Crippen LogP contribution >= 0.6 is 0 Å². The first-order valence-electron chi connectivity index (χ1n) is 5.43. The van der Waals surface area contributed by atoms with Crippen molar-refractivity contribution >= 4 is 14.5 Å². The van der Waals surface area contributed by atoms with E-state index in [1.807, 2.05) is 0 Å². The van der Waals surface area contributed by atoms with Crippen LogP contribution in [0.1, 0.15) is 19.8 Å². The largest absolute Gasteiger partial charge is 0.498 e. The van der Waals surface area contributed by atoms with Gasteiger partial charge in [-0.3, -0.25) is 0 Å². The van der Waals surface area contributed by atoms with Gasteiger partial charge < -0.3 is 8.69 Å². The predicted molar refractivity (Wildman–Crippen MR) is 58.3 cm³/mol. The van der Waals surface area contributed by atoms with E-state index < -0.39 is 14.5 Å². The number of hydrogen-bond acceptors (Lipinski definition) is 2. The molecule has 0 radical (unpaired) electrons. The molecule has 1 fully saturated rings. The summed E-state index contributed by atoms with van der Waals surface area (Å²) < 4.78 is 5.95. The third-order valence-corrected chi connectivity index (χ3v) is 3.79. The van der Waals surface area contributed by atoms with Gasteiger partial charge in [0.1, 0.15) is 0 Å². The summed E-state index contributed by atoms with van der Waals surface area (Å²) in [4.78, 5) is 2.43. The molecule has 0 aromatic rings. The molecule has 0 saturated carbocycles. The Kier molecular flexibility index (Phi) is 4.75. The monoisotopic (exact) mass is 199 g/mol. The molecule has 0 spiro atoms. The minimum atomic E-state index is -0.838. The second-order valence-corrected chi connectivity index (χ2v) is 6.92. The Bertz CT molecular complexity index is 152. The average molecular weight is 199 g/mol. The van der Waals surface area contributed by atoms with Crippen molar-refractivity contribution in [2.75, 3.05) is 20.1 Å². The lowest BCUT2D eigenvalue weighted by atomic mass is 9.94. The first-order valence-corrected chi connectivity index (χ1v) is 8.21. The highest BCUT2D eigenvalue weighted by atomic mass is 27.2. The second-order valence-electron chi connectivity index (χ2n) is 4.55. The number of rotatable bonds is 3.